The molecular weight excluding hydrogens is 400 g/mol. The number of nitriles is 1. The van der Waals surface area contributed by atoms with Crippen molar-refractivity contribution < 1.29 is 0 Å². The van der Waals surface area contributed by atoms with Gasteiger partial charge in [-0.1, -0.05) is 33.1 Å². The Morgan fingerprint density at radius 2 is 1.88 bits per heavy atom. The normalized spacial score (nSPS) is 40.8. The van der Waals surface area contributed by atoms with Crippen molar-refractivity contribution in [3.05, 3.63) is 29.3 Å². The van der Waals surface area contributed by atoms with Crippen LogP contribution in [0.5, 0.6) is 0 Å². The summed E-state index contributed by atoms with van der Waals surface area (Å²) in [6.45, 7) is 9.60. The van der Waals surface area contributed by atoms with Gasteiger partial charge in [-0.3, -0.25) is 0 Å². The van der Waals surface area contributed by atoms with E-state index in [-0.39, 0.29) is 0 Å². The number of hydrogen-bond acceptors (Lipinski definition) is 2. The average Bonchev–Trinajstić information content (AvgIpc) is 3.17. The molecule has 0 bridgehead atoms. The van der Waals surface area contributed by atoms with Crippen molar-refractivity contribution in [2.24, 2.45) is 46.8 Å². The summed E-state index contributed by atoms with van der Waals surface area (Å²) in [5.41, 5.74) is 3.67. The van der Waals surface area contributed by atoms with Crippen LogP contribution >= 0.6 is 0 Å². The molecule has 180 valence electrons. The summed E-state index contributed by atoms with van der Waals surface area (Å²) in [5, 5.41) is 13.1. The first-order valence-corrected chi connectivity index (χ1v) is 14.2. The smallest absolute Gasteiger partial charge is 0.0991 e. The summed E-state index contributed by atoms with van der Waals surface area (Å²) in [6.07, 6.45) is 16.3. The molecule has 0 radical (unpaired) electrons. The molecule has 1 N–H and O–H groups in total. The first-order chi connectivity index (χ1) is 15.9. The number of nitrogens with zero attached hydrogens (tertiary/aromatic N) is 1. The highest BCUT2D eigenvalue weighted by Crippen LogP contribution is 2.65. The predicted molar refractivity (Wildman–Crippen MR) is 138 cm³/mol. The molecule has 0 aromatic heterocycles. The van der Waals surface area contributed by atoms with Gasteiger partial charge in [0.2, 0.25) is 0 Å². The fourth-order valence-electron chi connectivity index (χ4n) is 9.72. The summed E-state index contributed by atoms with van der Waals surface area (Å²) in [6, 6.07) is 8.86. The van der Waals surface area contributed by atoms with E-state index in [1.807, 2.05) is 12.1 Å². The van der Waals surface area contributed by atoms with Gasteiger partial charge < -0.3 is 5.32 Å². The zero-order valence-corrected chi connectivity index (χ0v) is 21.6. The fourth-order valence-corrected chi connectivity index (χ4v) is 9.72. The third kappa shape index (κ3) is 4.13. The third-order valence-electron chi connectivity index (χ3n) is 11.2. The van der Waals surface area contributed by atoms with Crippen molar-refractivity contribution >= 4 is 5.69 Å². The van der Waals surface area contributed by atoms with Gasteiger partial charge >= 0.3 is 0 Å². The Bertz CT molecular complexity index is 883. The Balaban J connectivity index is 1.27. The summed E-state index contributed by atoms with van der Waals surface area (Å²) in [7, 11) is 0. The molecule has 1 aromatic rings. The van der Waals surface area contributed by atoms with Crippen molar-refractivity contribution in [2.75, 3.05) is 5.32 Å². The molecule has 3 unspecified atom stereocenters. The summed E-state index contributed by atoms with van der Waals surface area (Å²) >= 11 is 0. The van der Waals surface area contributed by atoms with Crippen LogP contribution in [-0.4, -0.2) is 6.04 Å². The maximum absolute atomic E-state index is 9.20. The minimum Gasteiger partial charge on any atom is -0.382 e. The van der Waals surface area contributed by atoms with Crippen LogP contribution in [0.1, 0.15) is 103 Å². The van der Waals surface area contributed by atoms with E-state index in [1.165, 1.54) is 69.0 Å². The van der Waals surface area contributed by atoms with E-state index in [1.54, 1.807) is 12.8 Å². The minimum atomic E-state index is 0.490. The third-order valence-corrected chi connectivity index (χ3v) is 11.2. The second-order valence-corrected chi connectivity index (χ2v) is 12.7. The van der Waals surface area contributed by atoms with Crippen LogP contribution in [0.25, 0.3) is 0 Å². The van der Waals surface area contributed by atoms with Crippen molar-refractivity contribution in [1.29, 1.82) is 5.26 Å². The largest absolute Gasteiger partial charge is 0.382 e. The lowest BCUT2D eigenvalue weighted by atomic mass is 9.49. The van der Waals surface area contributed by atoms with Gasteiger partial charge in [0.15, 0.2) is 0 Å². The highest BCUT2D eigenvalue weighted by Gasteiger charge is 2.57. The van der Waals surface area contributed by atoms with Gasteiger partial charge in [-0.05, 0) is 136 Å². The van der Waals surface area contributed by atoms with Gasteiger partial charge in [0, 0.05) is 11.7 Å². The Labute approximate surface area is 202 Å². The van der Waals surface area contributed by atoms with Gasteiger partial charge in [-0.25, -0.2) is 0 Å². The van der Waals surface area contributed by atoms with Gasteiger partial charge in [0.25, 0.3) is 0 Å². The molecule has 0 aliphatic heterocycles. The van der Waals surface area contributed by atoms with Crippen molar-refractivity contribution in [3.63, 3.8) is 0 Å². The zero-order valence-electron chi connectivity index (χ0n) is 21.6. The highest BCUT2D eigenvalue weighted by atomic mass is 14.9. The molecule has 0 saturated heterocycles. The second kappa shape index (κ2) is 9.28. The van der Waals surface area contributed by atoms with E-state index in [9.17, 15) is 5.26 Å². The van der Waals surface area contributed by atoms with Crippen LogP contribution in [0.2, 0.25) is 0 Å². The number of hydrogen-bond donors (Lipinski definition) is 1. The molecular formula is C31H46N2. The molecule has 0 heterocycles. The summed E-state index contributed by atoms with van der Waals surface area (Å²) in [4.78, 5) is 0. The van der Waals surface area contributed by atoms with Crippen LogP contribution in [0, 0.1) is 65.1 Å². The lowest BCUT2D eigenvalue weighted by molar-refractivity contribution is -0.0696. The van der Waals surface area contributed by atoms with E-state index in [4.69, 9.17) is 0 Å². The highest BCUT2D eigenvalue weighted by molar-refractivity contribution is 5.54. The number of rotatable bonds is 5. The molecule has 1 aromatic carbocycles. The van der Waals surface area contributed by atoms with E-state index >= 15 is 0 Å². The maximum Gasteiger partial charge on any atom is 0.0991 e. The molecule has 2 nitrogen and oxygen atoms in total. The Morgan fingerprint density at radius 1 is 1.06 bits per heavy atom. The van der Waals surface area contributed by atoms with E-state index < -0.39 is 0 Å². The van der Waals surface area contributed by atoms with Crippen LogP contribution < -0.4 is 5.32 Å². The van der Waals surface area contributed by atoms with Gasteiger partial charge in [-0.2, -0.15) is 5.26 Å². The standard InChI is InChI=1S/C31H46N2/c1-5-6-22-7-10-25-24(18-22)9-11-27-26(25)15-16-31(4)28(12-13-29(27)31)21(3)33-30-14-8-23(19-32)17-20(30)2/h8,14,17,21-22,24-29,33H,5-7,9-13,15-16,18H2,1-4H3/t21-,22-,24+,25-,26?,27+,28?,29?,31+/m0/s1. The quantitative estimate of drug-likeness (QED) is 0.493. The molecule has 9 atom stereocenters. The van der Waals surface area contributed by atoms with Crippen molar-refractivity contribution in [1.82, 2.24) is 0 Å². The lowest BCUT2D eigenvalue weighted by Crippen LogP contribution is -2.50. The number of nitrogens with one attached hydrogen (secondary N) is 1. The Kier molecular flexibility index (Phi) is 6.54. The SMILES string of the molecule is CCC[C@H]1CC[C@@H]2C3CC[C@@]4(C)C(CCC4[C@H](C)Nc4ccc(C#N)cc4C)[C@@H]3CC[C@@H]2C1. The fraction of sp³-hybridized carbons (Fsp3) is 0.774. The molecule has 0 spiro atoms. The lowest BCUT2D eigenvalue weighted by Gasteiger charge is -2.57. The molecule has 2 heteroatoms. The molecule has 5 rings (SSSR count). The molecule has 4 saturated carbocycles. The monoisotopic (exact) mass is 446 g/mol. The summed E-state index contributed by atoms with van der Waals surface area (Å²) < 4.78 is 0. The van der Waals surface area contributed by atoms with E-state index in [2.05, 4.69) is 45.1 Å². The van der Waals surface area contributed by atoms with Crippen LogP contribution in [0.3, 0.4) is 0 Å². The predicted octanol–water partition coefficient (Wildman–Crippen LogP) is 8.35. The maximum atomic E-state index is 9.20. The molecule has 4 aliphatic carbocycles. The van der Waals surface area contributed by atoms with Crippen LogP contribution in [-0.2, 0) is 0 Å². The van der Waals surface area contributed by atoms with E-state index in [0.717, 1.165) is 47.0 Å². The van der Waals surface area contributed by atoms with Crippen LogP contribution in [0.4, 0.5) is 5.69 Å². The number of benzene rings is 1. The van der Waals surface area contributed by atoms with E-state index in [0.29, 0.717) is 11.5 Å². The molecule has 33 heavy (non-hydrogen) atoms. The van der Waals surface area contributed by atoms with Crippen LogP contribution in [0.15, 0.2) is 18.2 Å². The zero-order chi connectivity index (χ0) is 23.2. The first kappa shape index (κ1) is 23.3. The average molecular weight is 447 g/mol. The number of anilines is 1. The number of fused-ring (bicyclic) bond motifs is 5. The second-order valence-electron chi connectivity index (χ2n) is 12.7. The number of aryl methyl sites for hydroxylation is 1. The van der Waals surface area contributed by atoms with Gasteiger partial charge in [0.05, 0.1) is 11.6 Å². The molecule has 4 fully saturated rings. The first-order valence-electron chi connectivity index (χ1n) is 14.2. The van der Waals surface area contributed by atoms with Crippen molar-refractivity contribution in [3.8, 4) is 6.07 Å². The Hall–Kier alpha value is -1.49. The van der Waals surface area contributed by atoms with Gasteiger partial charge in [0.1, 0.15) is 0 Å². The summed E-state index contributed by atoms with van der Waals surface area (Å²) in [5.74, 6) is 6.89. The van der Waals surface area contributed by atoms with Crippen molar-refractivity contribution in [2.45, 2.75) is 104 Å². The Morgan fingerprint density at radius 3 is 2.64 bits per heavy atom. The topological polar surface area (TPSA) is 35.8 Å². The molecule has 0 amide bonds. The minimum absolute atomic E-state index is 0.490. The van der Waals surface area contributed by atoms with Gasteiger partial charge in [-0.15, -0.1) is 0 Å². The molecule has 4 aliphatic rings.